The van der Waals surface area contributed by atoms with Gasteiger partial charge in [-0.1, -0.05) is 6.07 Å². The first-order valence-corrected chi connectivity index (χ1v) is 8.97. The lowest BCUT2D eigenvalue weighted by molar-refractivity contribution is 0.112. The van der Waals surface area contributed by atoms with Gasteiger partial charge in [0.25, 0.3) is 0 Å². The maximum Gasteiger partial charge on any atom is 0.166 e. The van der Waals surface area contributed by atoms with Gasteiger partial charge in [0, 0.05) is 40.0 Å². The molecule has 106 valence electrons. The summed E-state index contributed by atoms with van der Waals surface area (Å²) in [5, 5.41) is 0. The Morgan fingerprint density at radius 3 is 2.52 bits per heavy atom. The van der Waals surface area contributed by atoms with E-state index in [1.165, 1.54) is 0 Å². The van der Waals surface area contributed by atoms with Crippen molar-refractivity contribution >= 4 is 40.8 Å². The van der Waals surface area contributed by atoms with Crippen molar-refractivity contribution in [2.75, 3.05) is 6.26 Å². The van der Waals surface area contributed by atoms with Crippen molar-refractivity contribution in [3.8, 4) is 0 Å². The largest absolute Gasteiger partial charge is 0.612 e. The Morgan fingerprint density at radius 1 is 1.05 bits per heavy atom. The Kier molecular flexibility index (Phi) is 3.91. The minimum Gasteiger partial charge on any atom is -0.612 e. The van der Waals surface area contributed by atoms with E-state index in [0.29, 0.717) is 20.2 Å². The van der Waals surface area contributed by atoms with Gasteiger partial charge in [-0.3, -0.25) is 4.79 Å². The number of carbonyl (C=O) groups excluding carboxylic acids is 1. The Bertz CT molecular complexity index is 738. The van der Waals surface area contributed by atoms with Gasteiger partial charge >= 0.3 is 0 Å². The monoisotopic (exact) mass is 316 g/mol. The van der Waals surface area contributed by atoms with Crippen molar-refractivity contribution in [2.45, 2.75) is 14.7 Å². The maximum absolute atomic E-state index is 12.8. The third-order valence-electron chi connectivity index (χ3n) is 3.33. The molecule has 0 saturated carbocycles. The predicted octanol–water partition coefficient (Wildman–Crippen LogP) is 2.89. The van der Waals surface area contributed by atoms with E-state index in [1.54, 1.807) is 42.7 Å². The third kappa shape index (κ3) is 2.65. The van der Waals surface area contributed by atoms with Crippen LogP contribution in [0.1, 0.15) is 21.5 Å². The van der Waals surface area contributed by atoms with Crippen molar-refractivity contribution in [3.63, 3.8) is 0 Å². The maximum atomic E-state index is 12.8. The summed E-state index contributed by atoms with van der Waals surface area (Å²) in [5.74, 6) is 0. The van der Waals surface area contributed by atoms with Crippen molar-refractivity contribution in [3.05, 3.63) is 53.1 Å². The number of carbonyl (C=O) groups is 1. The Labute approximate surface area is 129 Å². The van der Waals surface area contributed by atoms with Gasteiger partial charge in [0.15, 0.2) is 14.7 Å². The highest BCUT2D eigenvalue weighted by Crippen LogP contribution is 2.33. The fraction of sp³-hybridized carbons (Fsp3) is 0.0625. The van der Waals surface area contributed by atoms with Crippen LogP contribution in [0.25, 0.3) is 12.2 Å². The zero-order valence-corrected chi connectivity index (χ0v) is 12.9. The molecule has 0 fully saturated rings. The fourth-order valence-corrected chi connectivity index (χ4v) is 4.14. The SMILES string of the molecule is C[S+]([O-])c1ccc2c(c1)C=Cc1ccc(C=O)cc1[S+]2[O-]. The molecule has 21 heavy (non-hydrogen) atoms. The van der Waals surface area contributed by atoms with Crippen LogP contribution in [0.5, 0.6) is 0 Å². The molecule has 0 aliphatic carbocycles. The molecule has 0 N–H and O–H groups in total. The highest BCUT2D eigenvalue weighted by molar-refractivity contribution is 7.91. The summed E-state index contributed by atoms with van der Waals surface area (Å²) in [6.45, 7) is 0. The molecule has 2 atom stereocenters. The highest BCUT2D eigenvalue weighted by atomic mass is 32.2. The smallest absolute Gasteiger partial charge is 0.166 e. The van der Waals surface area contributed by atoms with E-state index in [2.05, 4.69) is 0 Å². The van der Waals surface area contributed by atoms with Gasteiger partial charge in [0.05, 0.1) is 0 Å². The molecule has 2 aromatic carbocycles. The number of hydrogen-bond acceptors (Lipinski definition) is 3. The molecule has 0 aromatic heterocycles. The summed E-state index contributed by atoms with van der Waals surface area (Å²) in [7, 11) is 0. The van der Waals surface area contributed by atoms with Crippen LogP contribution in [0.15, 0.2) is 51.1 Å². The molecule has 0 radical (unpaired) electrons. The van der Waals surface area contributed by atoms with Gasteiger partial charge in [-0.25, -0.2) is 0 Å². The first kappa shape index (κ1) is 14.4. The second-order valence-corrected chi connectivity index (χ2v) is 7.47. The predicted molar refractivity (Wildman–Crippen MR) is 84.2 cm³/mol. The van der Waals surface area contributed by atoms with Crippen molar-refractivity contribution in [2.24, 2.45) is 0 Å². The summed E-state index contributed by atoms with van der Waals surface area (Å²) in [5.41, 5.74) is 2.13. The van der Waals surface area contributed by atoms with Gasteiger partial charge in [0.1, 0.15) is 12.5 Å². The molecule has 0 spiro atoms. The number of fused-ring (bicyclic) bond motifs is 2. The third-order valence-corrected chi connectivity index (χ3v) is 5.77. The van der Waals surface area contributed by atoms with Gasteiger partial charge in [-0.2, -0.15) is 0 Å². The van der Waals surface area contributed by atoms with Crippen LogP contribution in [-0.2, 0) is 22.4 Å². The number of aldehydes is 1. The second kappa shape index (κ2) is 5.69. The van der Waals surface area contributed by atoms with Crippen molar-refractivity contribution in [1.29, 1.82) is 0 Å². The van der Waals surface area contributed by atoms with Gasteiger partial charge in [0.2, 0.25) is 0 Å². The van der Waals surface area contributed by atoms with Gasteiger partial charge in [-0.05, 0) is 41.5 Å². The molecule has 3 nitrogen and oxygen atoms in total. The molecule has 1 aliphatic heterocycles. The normalized spacial score (nSPS) is 17.6. The number of rotatable bonds is 2. The van der Waals surface area contributed by atoms with Crippen LogP contribution in [0.4, 0.5) is 0 Å². The summed E-state index contributed by atoms with van der Waals surface area (Å²) >= 11 is -2.44. The topological polar surface area (TPSA) is 63.2 Å². The van der Waals surface area contributed by atoms with Crippen molar-refractivity contribution < 1.29 is 13.9 Å². The molecule has 5 heteroatoms. The van der Waals surface area contributed by atoms with Gasteiger partial charge < -0.3 is 9.11 Å². The molecule has 3 rings (SSSR count). The lowest BCUT2D eigenvalue weighted by Gasteiger charge is -2.13. The van der Waals surface area contributed by atoms with Crippen LogP contribution in [0.2, 0.25) is 0 Å². The summed E-state index contributed by atoms with van der Waals surface area (Å²) < 4.78 is 24.3. The van der Waals surface area contributed by atoms with E-state index >= 15 is 0 Å². The number of benzene rings is 2. The molecular formula is C16H12O3S2. The first-order valence-electron chi connectivity index (χ1n) is 6.27. The zero-order valence-electron chi connectivity index (χ0n) is 11.2. The first-order chi connectivity index (χ1) is 10.1. The van der Waals surface area contributed by atoms with Crippen LogP contribution in [0, 0.1) is 0 Å². The zero-order chi connectivity index (χ0) is 15.0. The van der Waals surface area contributed by atoms with Crippen LogP contribution in [-0.4, -0.2) is 21.6 Å². The summed E-state index contributed by atoms with van der Waals surface area (Å²) in [4.78, 5) is 12.9. The van der Waals surface area contributed by atoms with Crippen LogP contribution < -0.4 is 0 Å². The molecule has 2 aromatic rings. The van der Waals surface area contributed by atoms with E-state index in [0.717, 1.165) is 17.4 Å². The van der Waals surface area contributed by atoms with Crippen LogP contribution >= 0.6 is 0 Å². The minimum atomic E-state index is -1.36. The fourth-order valence-electron chi connectivity index (χ4n) is 2.22. The van der Waals surface area contributed by atoms with Crippen molar-refractivity contribution in [1.82, 2.24) is 0 Å². The van der Waals surface area contributed by atoms with Gasteiger partial charge in [-0.15, -0.1) is 0 Å². The molecule has 1 heterocycles. The molecule has 2 unspecified atom stereocenters. The Balaban J connectivity index is 2.15. The summed E-state index contributed by atoms with van der Waals surface area (Å²) in [6.07, 6.45) is 6.10. The van der Waals surface area contributed by atoms with E-state index in [9.17, 15) is 13.9 Å². The second-order valence-electron chi connectivity index (χ2n) is 4.67. The van der Waals surface area contributed by atoms with E-state index in [1.807, 2.05) is 12.2 Å². The quantitative estimate of drug-likeness (QED) is 0.632. The molecular weight excluding hydrogens is 304 g/mol. The Morgan fingerprint density at radius 2 is 1.81 bits per heavy atom. The standard InChI is InChI=1S/C16H12O3S2/c1-20(18)14-6-7-15-13(9-14)5-4-12-3-2-11(10-17)8-16(12)21(15)19/h2-10H,1H3. The Hall–Kier alpha value is -1.53. The minimum absolute atomic E-state index is 0.505. The van der Waals surface area contributed by atoms with E-state index in [4.69, 9.17) is 0 Å². The highest BCUT2D eigenvalue weighted by Gasteiger charge is 2.25. The van der Waals surface area contributed by atoms with Crippen LogP contribution in [0.3, 0.4) is 0 Å². The molecule has 0 bridgehead atoms. The molecule has 0 saturated heterocycles. The van der Waals surface area contributed by atoms with E-state index < -0.39 is 22.4 Å². The summed E-state index contributed by atoms with van der Waals surface area (Å²) in [6, 6.07) is 10.4. The lowest BCUT2D eigenvalue weighted by atomic mass is 10.1. The molecule has 0 amide bonds. The lowest BCUT2D eigenvalue weighted by Crippen LogP contribution is -2.06. The molecule has 1 aliphatic rings. The average Bonchev–Trinajstić information content (AvgIpc) is 2.64. The number of hydrogen-bond donors (Lipinski definition) is 0. The van der Waals surface area contributed by atoms with E-state index in [-0.39, 0.29) is 0 Å². The average molecular weight is 316 g/mol.